The number of carbonyl (C=O) groups excluding carboxylic acids is 3. The fourth-order valence-electron chi connectivity index (χ4n) is 1.73. The molecule has 0 aliphatic rings. The molecule has 22 heavy (non-hydrogen) atoms. The van der Waals surface area contributed by atoms with Gasteiger partial charge in [0.2, 0.25) is 5.91 Å². The molecule has 1 aromatic carbocycles. The van der Waals surface area contributed by atoms with E-state index < -0.39 is 5.91 Å². The lowest BCUT2D eigenvalue weighted by Crippen LogP contribution is -2.38. The molecule has 0 spiro atoms. The summed E-state index contributed by atoms with van der Waals surface area (Å²) >= 11 is 0. The number of hydrogen-bond acceptors (Lipinski definition) is 3. The Morgan fingerprint density at radius 1 is 1.09 bits per heavy atom. The van der Waals surface area contributed by atoms with Crippen LogP contribution < -0.4 is 21.3 Å². The number of rotatable bonds is 6. The van der Waals surface area contributed by atoms with Crippen LogP contribution in [-0.4, -0.2) is 37.0 Å². The van der Waals surface area contributed by atoms with Crippen molar-refractivity contribution < 1.29 is 14.4 Å². The number of urea groups is 1. The highest BCUT2D eigenvalue weighted by Gasteiger charge is 2.14. The second-order valence-corrected chi connectivity index (χ2v) is 4.93. The summed E-state index contributed by atoms with van der Waals surface area (Å²) in [5.41, 5.74) is 0.680. The molecule has 7 nitrogen and oxygen atoms in total. The number of anilines is 1. The van der Waals surface area contributed by atoms with Crippen molar-refractivity contribution in [2.45, 2.75) is 26.8 Å². The molecule has 0 fully saturated rings. The number of carbonyl (C=O) groups is 3. The molecular formula is C15H22N4O3. The Labute approximate surface area is 129 Å². The normalized spacial score (nSPS) is 10.0. The smallest absolute Gasteiger partial charge is 0.319 e. The molecule has 0 bridgehead atoms. The maximum Gasteiger partial charge on any atom is 0.319 e. The van der Waals surface area contributed by atoms with Crippen LogP contribution in [0, 0.1) is 0 Å². The largest absolute Gasteiger partial charge is 0.355 e. The van der Waals surface area contributed by atoms with Crippen LogP contribution in [0.4, 0.5) is 10.5 Å². The lowest BCUT2D eigenvalue weighted by atomic mass is 10.1. The van der Waals surface area contributed by atoms with E-state index in [1.54, 1.807) is 31.2 Å². The Morgan fingerprint density at radius 3 is 2.41 bits per heavy atom. The van der Waals surface area contributed by atoms with Gasteiger partial charge in [0.05, 0.1) is 17.8 Å². The van der Waals surface area contributed by atoms with Crippen LogP contribution >= 0.6 is 0 Å². The van der Waals surface area contributed by atoms with E-state index in [1.807, 2.05) is 13.8 Å². The molecule has 0 aliphatic carbocycles. The van der Waals surface area contributed by atoms with Gasteiger partial charge < -0.3 is 21.3 Å². The monoisotopic (exact) mass is 306 g/mol. The van der Waals surface area contributed by atoms with Gasteiger partial charge in [-0.2, -0.15) is 0 Å². The Morgan fingerprint density at radius 2 is 1.77 bits per heavy atom. The summed E-state index contributed by atoms with van der Waals surface area (Å²) < 4.78 is 0. The van der Waals surface area contributed by atoms with Gasteiger partial charge in [0.25, 0.3) is 5.91 Å². The van der Waals surface area contributed by atoms with Crippen molar-refractivity contribution in [3.63, 3.8) is 0 Å². The van der Waals surface area contributed by atoms with Crippen molar-refractivity contribution in [1.29, 1.82) is 0 Å². The van der Waals surface area contributed by atoms with Crippen LogP contribution in [0.25, 0.3) is 0 Å². The van der Waals surface area contributed by atoms with E-state index in [9.17, 15) is 14.4 Å². The Bertz CT molecular complexity index is 543. The molecule has 0 saturated carbocycles. The minimum Gasteiger partial charge on any atom is -0.355 e. The SMILES string of the molecule is CCNC(=O)CNC(=O)c1ccccc1NC(=O)NC(C)C. The maximum absolute atomic E-state index is 12.1. The van der Waals surface area contributed by atoms with Gasteiger partial charge in [0, 0.05) is 12.6 Å². The standard InChI is InChI=1S/C15H22N4O3/c1-4-16-13(20)9-17-14(21)11-7-5-6-8-12(11)19-15(22)18-10(2)3/h5-8,10H,4,9H2,1-3H3,(H,16,20)(H,17,21)(H2,18,19,22). The molecule has 0 aliphatic heterocycles. The molecule has 0 radical (unpaired) electrons. The summed E-state index contributed by atoms with van der Waals surface area (Å²) in [7, 11) is 0. The second-order valence-electron chi connectivity index (χ2n) is 4.93. The summed E-state index contributed by atoms with van der Waals surface area (Å²) in [5, 5.41) is 10.4. The molecule has 0 saturated heterocycles. The number of benzene rings is 1. The Balaban J connectivity index is 2.72. The van der Waals surface area contributed by atoms with Crippen molar-refractivity contribution in [2.75, 3.05) is 18.4 Å². The first-order valence-corrected chi connectivity index (χ1v) is 7.15. The van der Waals surface area contributed by atoms with Crippen molar-refractivity contribution in [2.24, 2.45) is 0 Å². The Hall–Kier alpha value is -2.57. The molecule has 0 aromatic heterocycles. The lowest BCUT2D eigenvalue weighted by molar-refractivity contribution is -0.120. The van der Waals surface area contributed by atoms with Crippen molar-refractivity contribution >= 4 is 23.5 Å². The van der Waals surface area contributed by atoms with Gasteiger partial charge in [-0.25, -0.2) is 4.79 Å². The van der Waals surface area contributed by atoms with Gasteiger partial charge in [-0.15, -0.1) is 0 Å². The first kappa shape index (κ1) is 17.5. The highest BCUT2D eigenvalue weighted by Crippen LogP contribution is 2.14. The summed E-state index contributed by atoms with van der Waals surface area (Å²) in [4.78, 5) is 35.2. The topological polar surface area (TPSA) is 99.3 Å². The highest BCUT2D eigenvalue weighted by molar-refractivity contribution is 6.04. The van der Waals surface area contributed by atoms with Crippen LogP contribution in [0.5, 0.6) is 0 Å². The molecule has 4 N–H and O–H groups in total. The van der Waals surface area contributed by atoms with E-state index in [2.05, 4.69) is 21.3 Å². The van der Waals surface area contributed by atoms with E-state index >= 15 is 0 Å². The van der Waals surface area contributed by atoms with Crippen molar-refractivity contribution in [3.8, 4) is 0 Å². The molecule has 0 unspecified atom stereocenters. The average molecular weight is 306 g/mol. The molecule has 1 rings (SSSR count). The van der Waals surface area contributed by atoms with E-state index in [-0.39, 0.29) is 24.5 Å². The van der Waals surface area contributed by atoms with Gasteiger partial charge >= 0.3 is 6.03 Å². The first-order chi connectivity index (χ1) is 10.4. The number of para-hydroxylation sites is 1. The van der Waals surface area contributed by atoms with Gasteiger partial charge in [0.15, 0.2) is 0 Å². The molecule has 4 amide bonds. The summed E-state index contributed by atoms with van der Waals surface area (Å²) in [6.07, 6.45) is 0. The number of likely N-dealkylation sites (N-methyl/N-ethyl adjacent to an activating group) is 1. The zero-order valence-corrected chi connectivity index (χ0v) is 13.0. The van der Waals surface area contributed by atoms with Crippen LogP contribution in [-0.2, 0) is 4.79 Å². The molecule has 7 heteroatoms. The molecule has 1 aromatic rings. The quantitative estimate of drug-likeness (QED) is 0.633. The maximum atomic E-state index is 12.1. The summed E-state index contributed by atoms with van der Waals surface area (Å²) in [5.74, 6) is -0.689. The van der Waals surface area contributed by atoms with Crippen LogP contribution in [0.1, 0.15) is 31.1 Å². The third-order valence-electron chi connectivity index (χ3n) is 2.62. The van der Waals surface area contributed by atoms with Crippen LogP contribution in [0.2, 0.25) is 0 Å². The fraction of sp³-hybridized carbons (Fsp3) is 0.400. The third kappa shape index (κ3) is 5.82. The zero-order chi connectivity index (χ0) is 16.5. The van der Waals surface area contributed by atoms with Crippen molar-refractivity contribution in [3.05, 3.63) is 29.8 Å². The molecule has 0 atom stereocenters. The minimum absolute atomic E-state index is 0.0151. The van der Waals surface area contributed by atoms with Gasteiger partial charge in [0.1, 0.15) is 0 Å². The molecular weight excluding hydrogens is 284 g/mol. The number of nitrogens with one attached hydrogen (secondary N) is 4. The van der Waals surface area contributed by atoms with Crippen molar-refractivity contribution in [1.82, 2.24) is 16.0 Å². The molecule has 0 heterocycles. The fourth-order valence-corrected chi connectivity index (χ4v) is 1.73. The van der Waals surface area contributed by atoms with E-state index in [4.69, 9.17) is 0 Å². The van der Waals surface area contributed by atoms with Crippen LogP contribution in [0.15, 0.2) is 24.3 Å². The van der Waals surface area contributed by atoms with Crippen LogP contribution in [0.3, 0.4) is 0 Å². The average Bonchev–Trinajstić information content (AvgIpc) is 2.44. The summed E-state index contributed by atoms with van der Waals surface area (Å²) in [6, 6.07) is 6.20. The minimum atomic E-state index is -0.424. The number of amides is 4. The molecule has 120 valence electrons. The predicted octanol–water partition coefficient (Wildman–Crippen LogP) is 1.08. The summed E-state index contributed by atoms with van der Waals surface area (Å²) in [6.45, 7) is 5.86. The van der Waals surface area contributed by atoms with Gasteiger partial charge in [-0.1, -0.05) is 12.1 Å². The second kappa shape index (κ2) is 8.66. The van der Waals surface area contributed by atoms with Gasteiger partial charge in [-0.05, 0) is 32.9 Å². The van der Waals surface area contributed by atoms with Gasteiger partial charge in [-0.3, -0.25) is 9.59 Å². The lowest BCUT2D eigenvalue weighted by Gasteiger charge is -2.13. The van der Waals surface area contributed by atoms with E-state index in [0.717, 1.165) is 0 Å². The first-order valence-electron chi connectivity index (χ1n) is 7.15. The third-order valence-corrected chi connectivity index (χ3v) is 2.62. The highest BCUT2D eigenvalue weighted by atomic mass is 16.2. The van der Waals surface area contributed by atoms with E-state index in [0.29, 0.717) is 17.8 Å². The number of hydrogen-bond donors (Lipinski definition) is 4. The van der Waals surface area contributed by atoms with E-state index in [1.165, 1.54) is 0 Å². The predicted molar refractivity (Wildman–Crippen MR) is 84.7 cm³/mol. The Kier molecular flexibility index (Phi) is 6.88. The zero-order valence-electron chi connectivity index (χ0n) is 13.0.